The number of likely N-dealkylation sites (tertiary alicyclic amines) is 1. The molecule has 2 heterocycles. The van der Waals surface area contributed by atoms with Crippen LogP contribution in [0.3, 0.4) is 0 Å². The second-order valence-corrected chi connectivity index (χ2v) is 14.4. The Bertz CT molecular complexity index is 1500. The van der Waals surface area contributed by atoms with Crippen molar-refractivity contribution in [3.05, 3.63) is 70.8 Å². The average molecular weight is 751 g/mol. The number of nitrogens with one attached hydrogen (secondary N) is 1. The molecule has 0 aromatic heterocycles. The second-order valence-electron chi connectivity index (χ2n) is 13.5. The van der Waals surface area contributed by atoms with E-state index in [0.717, 1.165) is 29.1 Å². The summed E-state index contributed by atoms with van der Waals surface area (Å²) in [6, 6.07) is 14.2. The number of nitrogens with two attached hydrogens (primary N) is 2. The lowest BCUT2D eigenvalue weighted by atomic mass is 10.1. The lowest BCUT2D eigenvalue weighted by molar-refractivity contribution is 0.0168. The number of amides is 3. The summed E-state index contributed by atoms with van der Waals surface area (Å²) < 4.78 is 17.4. The van der Waals surface area contributed by atoms with Gasteiger partial charge in [-0.2, -0.15) is 0 Å². The third-order valence-electron chi connectivity index (χ3n) is 7.84. The van der Waals surface area contributed by atoms with Gasteiger partial charge in [0.2, 0.25) is 11.8 Å². The molecule has 2 fully saturated rings. The van der Waals surface area contributed by atoms with Crippen LogP contribution in [-0.2, 0) is 27.4 Å². The number of halogens is 1. The molecular formula is C35H51ClN6O6S2. The summed E-state index contributed by atoms with van der Waals surface area (Å²) in [6.45, 7) is 7.46. The van der Waals surface area contributed by atoms with Crippen LogP contribution >= 0.6 is 36.8 Å². The fourth-order valence-electron chi connectivity index (χ4n) is 5.36. The molecule has 2 aliphatic heterocycles. The van der Waals surface area contributed by atoms with Gasteiger partial charge in [-0.15, -0.1) is 12.4 Å². The SMILES string of the molecule is CN(C)C(=S)[C@@H]1C[C@@H](OCc2cccc(C(N)=O)c2)CN1.CN(C)C(=S)[C@@H]1C[C@@H](OCc2cccc(C(N)=O)c2)CN1C(=O)OC(C)(C)C.Cl. The van der Waals surface area contributed by atoms with E-state index in [9.17, 15) is 14.4 Å². The fourth-order valence-corrected chi connectivity index (χ4v) is 5.76. The van der Waals surface area contributed by atoms with Crippen molar-refractivity contribution < 1.29 is 28.6 Å². The molecule has 0 aliphatic carbocycles. The zero-order valence-electron chi connectivity index (χ0n) is 29.8. The van der Waals surface area contributed by atoms with Gasteiger partial charge in [-0.3, -0.25) is 14.5 Å². The number of carbonyl (C=O) groups is 3. The molecule has 0 spiro atoms. The Balaban J connectivity index is 0.000000353. The number of carbonyl (C=O) groups excluding carboxylic acids is 3. The minimum absolute atomic E-state index is 0. The van der Waals surface area contributed by atoms with Gasteiger partial charge in [0.05, 0.1) is 49.0 Å². The molecule has 50 heavy (non-hydrogen) atoms. The van der Waals surface area contributed by atoms with Crippen LogP contribution in [0, 0.1) is 0 Å². The largest absolute Gasteiger partial charge is 0.444 e. The first kappa shape index (κ1) is 42.8. The summed E-state index contributed by atoms with van der Waals surface area (Å²) in [5.74, 6) is -0.897. The fraction of sp³-hybridized carbons (Fsp3) is 0.514. The smallest absolute Gasteiger partial charge is 0.410 e. The molecule has 2 aromatic rings. The molecule has 276 valence electrons. The maximum Gasteiger partial charge on any atom is 0.410 e. The van der Waals surface area contributed by atoms with Gasteiger partial charge in [0.1, 0.15) is 10.6 Å². The minimum atomic E-state index is -0.588. The predicted molar refractivity (Wildman–Crippen MR) is 205 cm³/mol. The zero-order valence-corrected chi connectivity index (χ0v) is 32.3. The molecule has 12 nitrogen and oxygen atoms in total. The zero-order chi connectivity index (χ0) is 36.5. The summed E-state index contributed by atoms with van der Waals surface area (Å²) in [6.07, 6.45) is 1.000. The van der Waals surface area contributed by atoms with Crippen molar-refractivity contribution in [3.63, 3.8) is 0 Å². The van der Waals surface area contributed by atoms with Gasteiger partial charge in [0, 0.05) is 52.3 Å². The number of hydrogen-bond donors (Lipinski definition) is 3. The van der Waals surface area contributed by atoms with E-state index in [1.54, 1.807) is 35.2 Å². The lowest BCUT2D eigenvalue weighted by Gasteiger charge is -2.30. The van der Waals surface area contributed by atoms with E-state index in [1.807, 2.05) is 77.0 Å². The van der Waals surface area contributed by atoms with Crippen LogP contribution in [-0.4, -0.2) is 114 Å². The van der Waals surface area contributed by atoms with Crippen LogP contribution in [0.1, 0.15) is 65.5 Å². The molecule has 3 amide bonds. The van der Waals surface area contributed by atoms with Gasteiger partial charge < -0.3 is 40.8 Å². The van der Waals surface area contributed by atoms with E-state index in [-0.39, 0.29) is 36.7 Å². The second kappa shape index (κ2) is 19.3. The summed E-state index contributed by atoms with van der Waals surface area (Å²) >= 11 is 10.9. The number of nitrogens with zero attached hydrogens (tertiary/aromatic N) is 3. The van der Waals surface area contributed by atoms with Gasteiger partial charge in [-0.25, -0.2) is 4.79 Å². The third kappa shape index (κ3) is 13.1. The van der Waals surface area contributed by atoms with E-state index < -0.39 is 23.5 Å². The normalized spacial score (nSPS) is 19.8. The Hall–Kier alpha value is -3.40. The molecule has 2 aliphatic rings. The van der Waals surface area contributed by atoms with Gasteiger partial charge >= 0.3 is 6.09 Å². The topological polar surface area (TPSA) is 153 Å². The number of ether oxygens (including phenoxy) is 3. The van der Waals surface area contributed by atoms with Crippen molar-refractivity contribution in [2.75, 3.05) is 41.3 Å². The highest BCUT2D eigenvalue weighted by Crippen LogP contribution is 2.26. The standard InChI is InChI=1S/C20H29N3O4S.C15H21N3O2S.ClH/c1-20(2,3)27-19(25)23-11-15(10-16(23)18(28)22(4)5)26-12-13-7-6-8-14(9-13)17(21)24;1-18(2)15(21)13-7-12(8-17-13)20-9-10-4-3-5-11(6-10)14(16)19;/h6-9,15-16H,10-12H2,1-5H3,(H2,21,24);3-6,12-13,17H,7-9H2,1-2H3,(H2,16,19);1H/t15-,16+;12-,13+;/m11./s1. The highest BCUT2D eigenvalue weighted by molar-refractivity contribution is 7.80. The third-order valence-corrected chi connectivity index (χ3v) is 9.13. The highest BCUT2D eigenvalue weighted by Gasteiger charge is 2.41. The average Bonchev–Trinajstić information content (AvgIpc) is 3.69. The quantitative estimate of drug-likeness (QED) is 0.303. The van der Waals surface area contributed by atoms with Crippen molar-refractivity contribution in [2.24, 2.45) is 11.5 Å². The molecule has 4 atom stereocenters. The molecule has 15 heteroatoms. The highest BCUT2D eigenvalue weighted by atomic mass is 35.5. The van der Waals surface area contributed by atoms with E-state index in [0.29, 0.717) is 42.3 Å². The van der Waals surface area contributed by atoms with E-state index in [2.05, 4.69) is 5.32 Å². The Morgan fingerprint density at radius 2 is 1.34 bits per heavy atom. The number of benzene rings is 2. The first-order chi connectivity index (χ1) is 22.9. The van der Waals surface area contributed by atoms with E-state index in [1.165, 1.54) is 0 Å². The van der Waals surface area contributed by atoms with E-state index in [4.69, 9.17) is 50.1 Å². The van der Waals surface area contributed by atoms with Crippen molar-refractivity contribution >= 4 is 64.7 Å². The lowest BCUT2D eigenvalue weighted by Crippen LogP contribution is -2.46. The predicted octanol–water partition coefficient (Wildman–Crippen LogP) is 3.91. The number of hydrogen-bond acceptors (Lipinski definition) is 9. The maximum atomic E-state index is 12.7. The Labute approximate surface area is 312 Å². The number of primary amides is 2. The van der Waals surface area contributed by atoms with Gasteiger partial charge in [0.25, 0.3) is 0 Å². The summed E-state index contributed by atoms with van der Waals surface area (Å²) in [5, 5.41) is 3.37. The molecule has 2 saturated heterocycles. The summed E-state index contributed by atoms with van der Waals surface area (Å²) in [7, 11) is 7.62. The van der Waals surface area contributed by atoms with Crippen LogP contribution in [0.4, 0.5) is 4.79 Å². The maximum absolute atomic E-state index is 12.7. The molecule has 2 aromatic carbocycles. The van der Waals surface area contributed by atoms with Crippen molar-refractivity contribution in [2.45, 2.75) is 76.7 Å². The number of thiocarbonyl (C=S) groups is 2. The Morgan fingerprint density at radius 3 is 1.80 bits per heavy atom. The monoisotopic (exact) mass is 750 g/mol. The Kier molecular flexibility index (Phi) is 16.5. The van der Waals surface area contributed by atoms with Crippen LogP contribution in [0.15, 0.2) is 48.5 Å². The molecule has 0 bridgehead atoms. The summed E-state index contributed by atoms with van der Waals surface area (Å²) in [4.78, 5) is 42.1. The first-order valence-corrected chi connectivity index (χ1v) is 16.9. The van der Waals surface area contributed by atoms with Crippen molar-refractivity contribution in [3.8, 4) is 0 Å². The van der Waals surface area contributed by atoms with E-state index >= 15 is 0 Å². The van der Waals surface area contributed by atoms with Crippen molar-refractivity contribution in [1.82, 2.24) is 20.0 Å². The molecule has 0 saturated carbocycles. The van der Waals surface area contributed by atoms with Gasteiger partial charge in [0.15, 0.2) is 0 Å². The van der Waals surface area contributed by atoms with Crippen molar-refractivity contribution in [1.29, 1.82) is 0 Å². The molecule has 0 radical (unpaired) electrons. The first-order valence-electron chi connectivity index (χ1n) is 16.1. The van der Waals surface area contributed by atoms with Crippen LogP contribution in [0.5, 0.6) is 0 Å². The summed E-state index contributed by atoms with van der Waals surface area (Å²) in [5.41, 5.74) is 12.8. The minimum Gasteiger partial charge on any atom is -0.444 e. The molecule has 0 unspecified atom stereocenters. The van der Waals surface area contributed by atoms with Crippen LogP contribution < -0.4 is 16.8 Å². The van der Waals surface area contributed by atoms with Crippen LogP contribution in [0.25, 0.3) is 0 Å². The molecule has 5 N–H and O–H groups in total. The molecular weight excluding hydrogens is 700 g/mol. The van der Waals surface area contributed by atoms with Gasteiger partial charge in [-0.05, 0) is 62.6 Å². The Morgan fingerprint density at radius 1 is 0.840 bits per heavy atom. The van der Waals surface area contributed by atoms with Crippen LogP contribution in [0.2, 0.25) is 0 Å². The molecule has 4 rings (SSSR count). The number of likely N-dealkylation sites (N-methyl/N-ethyl adjacent to an activating group) is 2. The van der Waals surface area contributed by atoms with Gasteiger partial charge in [-0.1, -0.05) is 48.7 Å². The number of rotatable bonds is 10.